The summed E-state index contributed by atoms with van der Waals surface area (Å²) in [7, 11) is 0. The van der Waals surface area contributed by atoms with E-state index in [-0.39, 0.29) is 0 Å². The van der Waals surface area contributed by atoms with Crippen molar-refractivity contribution in [3.05, 3.63) is 6.33 Å². The Morgan fingerprint density at radius 3 is 3.06 bits per heavy atom. The third-order valence-corrected chi connectivity index (χ3v) is 4.20. The van der Waals surface area contributed by atoms with Crippen LogP contribution in [0.15, 0.2) is 10.7 Å². The van der Waals surface area contributed by atoms with Crippen LogP contribution in [0.25, 0.3) is 0 Å². The van der Waals surface area contributed by atoms with Crippen LogP contribution in [0.3, 0.4) is 0 Å². The number of rotatable bonds is 9. The van der Waals surface area contributed by atoms with Gasteiger partial charge in [-0.1, -0.05) is 37.9 Å². The van der Waals surface area contributed by atoms with E-state index in [9.17, 15) is 0 Å². The third-order valence-electron chi connectivity index (χ3n) is 2.40. The van der Waals surface area contributed by atoms with E-state index in [1.165, 1.54) is 37.2 Å². The smallest absolute Gasteiger partial charge is 0.169 e. The quantitative estimate of drug-likeness (QED) is 0.546. The van der Waals surface area contributed by atoms with Crippen LogP contribution in [0.2, 0.25) is 0 Å². The minimum atomic E-state index is 0.640. The molecular weight excluding hydrogens is 238 g/mol. The van der Waals surface area contributed by atoms with Gasteiger partial charge < -0.3 is 5.32 Å². The van der Waals surface area contributed by atoms with Gasteiger partial charge in [0.1, 0.15) is 6.33 Å². The van der Waals surface area contributed by atoms with Crippen molar-refractivity contribution in [3.8, 4) is 0 Å². The maximum Gasteiger partial charge on any atom is 0.169 e. The van der Waals surface area contributed by atoms with Gasteiger partial charge in [0, 0.05) is 18.3 Å². The number of nitrogens with one attached hydrogen (secondary N) is 1. The van der Waals surface area contributed by atoms with Crippen molar-refractivity contribution in [2.75, 3.05) is 12.3 Å². The molecule has 1 atom stereocenters. The van der Waals surface area contributed by atoms with E-state index in [1.54, 1.807) is 18.1 Å². The van der Waals surface area contributed by atoms with Gasteiger partial charge in [0.25, 0.3) is 0 Å². The Morgan fingerprint density at radius 2 is 2.38 bits per heavy atom. The molecule has 0 aromatic carbocycles. The first-order valence-electron chi connectivity index (χ1n) is 5.95. The summed E-state index contributed by atoms with van der Waals surface area (Å²) in [6, 6.07) is 0.640. The van der Waals surface area contributed by atoms with Gasteiger partial charge in [-0.2, -0.15) is 4.37 Å². The average Bonchev–Trinajstić information content (AvgIpc) is 2.78. The molecule has 16 heavy (non-hydrogen) atoms. The maximum atomic E-state index is 4.14. The number of nitrogens with zero attached hydrogens (tertiary/aromatic N) is 2. The van der Waals surface area contributed by atoms with Crippen molar-refractivity contribution in [3.63, 3.8) is 0 Å². The van der Waals surface area contributed by atoms with Crippen LogP contribution >= 0.6 is 23.3 Å². The molecule has 1 aromatic rings. The lowest BCUT2D eigenvalue weighted by Gasteiger charge is -2.12. The first-order valence-corrected chi connectivity index (χ1v) is 7.71. The lowest BCUT2D eigenvalue weighted by Crippen LogP contribution is -2.28. The van der Waals surface area contributed by atoms with Crippen LogP contribution in [0.4, 0.5) is 0 Å². The molecule has 0 spiro atoms. The van der Waals surface area contributed by atoms with Gasteiger partial charge in [0.15, 0.2) is 4.34 Å². The summed E-state index contributed by atoms with van der Waals surface area (Å²) >= 11 is 3.25. The third kappa shape index (κ3) is 6.45. The number of hydrogen-bond donors (Lipinski definition) is 1. The lowest BCUT2D eigenvalue weighted by molar-refractivity contribution is 0.502. The van der Waals surface area contributed by atoms with Gasteiger partial charge in [0.05, 0.1) is 0 Å². The van der Waals surface area contributed by atoms with Crippen LogP contribution in [-0.4, -0.2) is 27.7 Å². The Balaban J connectivity index is 1.94. The molecule has 0 aliphatic rings. The topological polar surface area (TPSA) is 37.8 Å². The molecular formula is C11H21N3S2. The monoisotopic (exact) mass is 259 g/mol. The zero-order chi connectivity index (χ0) is 11.6. The molecule has 1 unspecified atom stereocenters. The second-order valence-electron chi connectivity index (χ2n) is 3.91. The van der Waals surface area contributed by atoms with Crippen molar-refractivity contribution in [2.24, 2.45) is 0 Å². The Morgan fingerprint density at radius 1 is 1.50 bits per heavy atom. The molecule has 0 fully saturated rings. The van der Waals surface area contributed by atoms with E-state index in [2.05, 4.69) is 28.5 Å². The zero-order valence-electron chi connectivity index (χ0n) is 10.1. The lowest BCUT2D eigenvalue weighted by atomic mass is 10.1. The van der Waals surface area contributed by atoms with E-state index in [1.807, 2.05) is 0 Å². The summed E-state index contributed by atoms with van der Waals surface area (Å²) in [6.07, 6.45) is 6.91. The summed E-state index contributed by atoms with van der Waals surface area (Å²) in [5.41, 5.74) is 0. The SMILES string of the molecule is CCCCCC(C)NCCSc1ncns1. The number of unbranched alkanes of at least 4 members (excludes halogenated alkanes) is 2. The van der Waals surface area contributed by atoms with Gasteiger partial charge in [-0.05, 0) is 24.9 Å². The first-order chi connectivity index (χ1) is 7.83. The van der Waals surface area contributed by atoms with Gasteiger partial charge in [-0.15, -0.1) is 0 Å². The molecule has 0 amide bonds. The van der Waals surface area contributed by atoms with Crippen molar-refractivity contribution in [1.29, 1.82) is 0 Å². The minimum Gasteiger partial charge on any atom is -0.313 e. The molecule has 0 aliphatic heterocycles. The molecule has 1 N–H and O–H groups in total. The molecule has 0 saturated carbocycles. The molecule has 92 valence electrons. The van der Waals surface area contributed by atoms with Crippen molar-refractivity contribution < 1.29 is 0 Å². The standard InChI is InChI=1S/C11H21N3S2/c1-3-4-5-6-10(2)12-7-8-15-11-13-9-14-16-11/h9-10,12H,3-8H2,1-2H3. The summed E-state index contributed by atoms with van der Waals surface area (Å²) in [5, 5.41) is 3.54. The normalized spacial score (nSPS) is 12.9. The predicted octanol–water partition coefficient (Wildman–Crippen LogP) is 3.19. The second kappa shape index (κ2) is 8.96. The van der Waals surface area contributed by atoms with Crippen LogP contribution in [0.1, 0.15) is 39.5 Å². The van der Waals surface area contributed by atoms with Crippen molar-refractivity contribution >= 4 is 23.3 Å². The Hall–Kier alpha value is -0.130. The highest BCUT2D eigenvalue weighted by Gasteiger charge is 2.01. The Labute approximate surface area is 107 Å². The number of hydrogen-bond acceptors (Lipinski definition) is 5. The Kier molecular flexibility index (Phi) is 7.80. The first kappa shape index (κ1) is 13.9. The molecule has 1 aromatic heterocycles. The fraction of sp³-hybridized carbons (Fsp3) is 0.818. The molecule has 5 heteroatoms. The van der Waals surface area contributed by atoms with Crippen LogP contribution in [0.5, 0.6) is 0 Å². The van der Waals surface area contributed by atoms with Gasteiger partial charge >= 0.3 is 0 Å². The maximum absolute atomic E-state index is 4.14. The van der Waals surface area contributed by atoms with E-state index >= 15 is 0 Å². The van der Waals surface area contributed by atoms with E-state index in [4.69, 9.17) is 0 Å². The van der Waals surface area contributed by atoms with Crippen LogP contribution in [0, 0.1) is 0 Å². The summed E-state index contributed by atoms with van der Waals surface area (Å²) in [5.74, 6) is 1.08. The highest BCUT2D eigenvalue weighted by Crippen LogP contribution is 2.17. The van der Waals surface area contributed by atoms with E-state index in [0.717, 1.165) is 16.6 Å². The summed E-state index contributed by atoms with van der Waals surface area (Å²) in [6.45, 7) is 5.57. The molecule has 0 saturated heterocycles. The molecule has 1 rings (SSSR count). The largest absolute Gasteiger partial charge is 0.313 e. The Bertz CT molecular complexity index is 252. The van der Waals surface area contributed by atoms with E-state index < -0.39 is 0 Å². The highest BCUT2D eigenvalue weighted by molar-refractivity contribution is 8.00. The molecule has 0 bridgehead atoms. The van der Waals surface area contributed by atoms with Crippen LogP contribution < -0.4 is 5.32 Å². The molecule has 0 radical (unpaired) electrons. The minimum absolute atomic E-state index is 0.640. The summed E-state index contributed by atoms with van der Waals surface area (Å²) < 4.78 is 5.05. The molecule has 1 heterocycles. The van der Waals surface area contributed by atoms with Crippen molar-refractivity contribution in [2.45, 2.75) is 49.9 Å². The molecule has 0 aliphatic carbocycles. The summed E-state index contributed by atoms with van der Waals surface area (Å²) in [4.78, 5) is 4.14. The fourth-order valence-electron chi connectivity index (χ4n) is 1.47. The average molecular weight is 259 g/mol. The van der Waals surface area contributed by atoms with Crippen LogP contribution in [-0.2, 0) is 0 Å². The fourth-order valence-corrected chi connectivity index (χ4v) is 2.86. The van der Waals surface area contributed by atoms with E-state index in [0.29, 0.717) is 6.04 Å². The zero-order valence-corrected chi connectivity index (χ0v) is 11.7. The van der Waals surface area contributed by atoms with Gasteiger partial charge in [-0.25, -0.2) is 4.98 Å². The van der Waals surface area contributed by atoms with Gasteiger partial charge in [0.2, 0.25) is 0 Å². The second-order valence-corrected chi connectivity index (χ2v) is 6.03. The highest BCUT2D eigenvalue weighted by atomic mass is 32.2. The van der Waals surface area contributed by atoms with Gasteiger partial charge in [-0.3, -0.25) is 0 Å². The van der Waals surface area contributed by atoms with Crippen molar-refractivity contribution in [1.82, 2.24) is 14.7 Å². The predicted molar refractivity (Wildman–Crippen MR) is 72.2 cm³/mol. The number of thioether (sulfide) groups is 1. The molecule has 3 nitrogen and oxygen atoms in total. The number of aromatic nitrogens is 2.